The van der Waals surface area contributed by atoms with Crippen molar-refractivity contribution in [2.24, 2.45) is 0 Å². The number of nitrogens with two attached hydrogens (primary N) is 1. The van der Waals surface area contributed by atoms with Gasteiger partial charge < -0.3 is 20.5 Å². The van der Waals surface area contributed by atoms with Gasteiger partial charge in [0, 0.05) is 43.4 Å². The van der Waals surface area contributed by atoms with E-state index in [9.17, 15) is 9.59 Å². The van der Waals surface area contributed by atoms with Crippen LogP contribution in [0.4, 0.5) is 5.69 Å². The standard InChI is InChI=1S/C14H20ClN3O2.C5H10O2/c1-2-20-14(19)11-8-12(15)10(7-13(11)16)9-18-5-3-17-4-6-18;1-5(2,3)7-4-6/h7-8,17H,2-6,9,16H2,1H3;4H,1-3H3. The van der Waals surface area contributed by atoms with E-state index in [0.717, 1.165) is 38.3 Å². The van der Waals surface area contributed by atoms with Crippen molar-refractivity contribution in [3.05, 3.63) is 28.3 Å². The van der Waals surface area contributed by atoms with E-state index in [-0.39, 0.29) is 5.60 Å². The predicted octanol–water partition coefficient (Wildman–Crippen LogP) is 2.46. The minimum absolute atomic E-state index is 0.318. The maximum Gasteiger partial charge on any atom is 0.340 e. The van der Waals surface area contributed by atoms with Gasteiger partial charge in [0.2, 0.25) is 0 Å². The minimum Gasteiger partial charge on any atom is -0.462 e. The van der Waals surface area contributed by atoms with Crippen LogP contribution >= 0.6 is 11.6 Å². The van der Waals surface area contributed by atoms with Crippen molar-refractivity contribution >= 4 is 29.7 Å². The van der Waals surface area contributed by atoms with Gasteiger partial charge in [0.15, 0.2) is 0 Å². The fraction of sp³-hybridized carbons (Fsp3) is 0.579. The topological polar surface area (TPSA) is 93.9 Å². The number of anilines is 1. The van der Waals surface area contributed by atoms with Crippen LogP contribution in [0, 0.1) is 0 Å². The smallest absolute Gasteiger partial charge is 0.340 e. The van der Waals surface area contributed by atoms with Crippen molar-refractivity contribution in [3.63, 3.8) is 0 Å². The Balaban J connectivity index is 0.000000445. The summed E-state index contributed by atoms with van der Waals surface area (Å²) in [6, 6.07) is 3.38. The molecule has 1 heterocycles. The van der Waals surface area contributed by atoms with E-state index in [4.69, 9.17) is 22.1 Å². The van der Waals surface area contributed by atoms with Crippen LogP contribution in [0.2, 0.25) is 5.02 Å². The van der Waals surface area contributed by atoms with E-state index < -0.39 is 5.97 Å². The van der Waals surface area contributed by atoms with Gasteiger partial charge in [-0.25, -0.2) is 4.79 Å². The average Bonchev–Trinajstić information content (AvgIpc) is 2.58. The molecular formula is C19H30ClN3O4. The van der Waals surface area contributed by atoms with Crippen LogP contribution in [-0.4, -0.2) is 55.7 Å². The first-order valence-electron chi connectivity index (χ1n) is 8.97. The second-order valence-corrected chi connectivity index (χ2v) is 7.51. The van der Waals surface area contributed by atoms with E-state index in [1.54, 1.807) is 19.1 Å². The van der Waals surface area contributed by atoms with E-state index in [1.807, 2.05) is 20.8 Å². The Morgan fingerprint density at radius 3 is 2.44 bits per heavy atom. The van der Waals surface area contributed by atoms with Crippen LogP contribution in [0.1, 0.15) is 43.6 Å². The van der Waals surface area contributed by atoms with E-state index in [0.29, 0.717) is 29.4 Å². The summed E-state index contributed by atoms with van der Waals surface area (Å²) in [6.45, 7) is 12.7. The van der Waals surface area contributed by atoms with Gasteiger partial charge in [0.1, 0.15) is 5.60 Å². The lowest BCUT2D eigenvalue weighted by Crippen LogP contribution is -2.42. The van der Waals surface area contributed by atoms with Crippen LogP contribution in [0.5, 0.6) is 0 Å². The molecule has 1 fully saturated rings. The molecule has 3 N–H and O–H groups in total. The molecule has 1 aliphatic heterocycles. The zero-order chi connectivity index (χ0) is 20.4. The van der Waals surface area contributed by atoms with Crippen LogP contribution in [0.25, 0.3) is 0 Å². The second kappa shape index (κ2) is 11.1. The summed E-state index contributed by atoms with van der Waals surface area (Å²) in [4.78, 5) is 23.6. The Morgan fingerprint density at radius 1 is 1.33 bits per heavy atom. The van der Waals surface area contributed by atoms with Crippen LogP contribution < -0.4 is 11.1 Å². The van der Waals surface area contributed by atoms with Crippen LogP contribution in [0.3, 0.4) is 0 Å². The molecule has 8 heteroatoms. The summed E-state index contributed by atoms with van der Waals surface area (Å²) >= 11 is 6.26. The first-order valence-corrected chi connectivity index (χ1v) is 9.35. The summed E-state index contributed by atoms with van der Waals surface area (Å²) in [5.41, 5.74) is 7.31. The maximum absolute atomic E-state index is 11.7. The summed E-state index contributed by atoms with van der Waals surface area (Å²) in [5.74, 6) is -0.430. The number of hydrogen-bond acceptors (Lipinski definition) is 7. The number of nitrogens with one attached hydrogen (secondary N) is 1. The number of esters is 1. The zero-order valence-electron chi connectivity index (χ0n) is 16.5. The number of halogens is 1. The molecule has 1 aromatic carbocycles. The number of nitrogen functional groups attached to an aromatic ring is 1. The molecule has 1 aromatic rings. The lowest BCUT2D eigenvalue weighted by atomic mass is 10.1. The lowest BCUT2D eigenvalue weighted by molar-refractivity contribution is -0.138. The van der Waals surface area contributed by atoms with Crippen LogP contribution in [-0.2, 0) is 20.8 Å². The molecule has 0 atom stereocenters. The highest BCUT2D eigenvalue weighted by Crippen LogP contribution is 2.25. The van der Waals surface area contributed by atoms with Gasteiger partial charge in [-0.2, -0.15) is 0 Å². The maximum atomic E-state index is 11.7. The number of carbonyl (C=O) groups is 2. The van der Waals surface area contributed by atoms with E-state index in [2.05, 4.69) is 15.0 Å². The predicted molar refractivity (Wildman–Crippen MR) is 107 cm³/mol. The van der Waals surface area contributed by atoms with Crippen molar-refractivity contribution in [2.75, 3.05) is 38.5 Å². The monoisotopic (exact) mass is 399 g/mol. The molecule has 0 saturated carbocycles. The molecule has 152 valence electrons. The van der Waals surface area contributed by atoms with Gasteiger partial charge in [-0.15, -0.1) is 0 Å². The SMILES string of the molecule is CC(C)(C)OC=O.CCOC(=O)c1cc(Cl)c(CN2CCNCC2)cc1N. The number of carbonyl (C=O) groups excluding carboxylic acids is 2. The highest BCUT2D eigenvalue weighted by Gasteiger charge is 2.17. The van der Waals surface area contributed by atoms with Gasteiger partial charge in [0.05, 0.1) is 12.2 Å². The summed E-state index contributed by atoms with van der Waals surface area (Å²) < 4.78 is 9.51. The lowest BCUT2D eigenvalue weighted by Gasteiger charge is -2.27. The molecule has 1 aliphatic rings. The van der Waals surface area contributed by atoms with Crippen molar-refractivity contribution in [2.45, 2.75) is 39.8 Å². The molecule has 27 heavy (non-hydrogen) atoms. The first kappa shape index (κ1) is 23.2. The van der Waals surface area contributed by atoms with Gasteiger partial charge >= 0.3 is 5.97 Å². The number of benzene rings is 1. The summed E-state index contributed by atoms with van der Waals surface area (Å²) in [6.07, 6.45) is 0. The fourth-order valence-corrected chi connectivity index (χ4v) is 2.62. The molecule has 0 bridgehead atoms. The highest BCUT2D eigenvalue weighted by molar-refractivity contribution is 6.32. The van der Waals surface area contributed by atoms with Gasteiger partial charge in [0.25, 0.3) is 6.47 Å². The van der Waals surface area contributed by atoms with E-state index >= 15 is 0 Å². The molecule has 7 nitrogen and oxygen atoms in total. The quantitative estimate of drug-likeness (QED) is 0.446. The van der Waals surface area contributed by atoms with Gasteiger partial charge in [-0.05, 0) is 45.4 Å². The Hall–Kier alpha value is -1.83. The number of ether oxygens (including phenoxy) is 2. The van der Waals surface area contributed by atoms with Crippen molar-refractivity contribution in [3.8, 4) is 0 Å². The number of rotatable bonds is 5. The molecule has 0 aromatic heterocycles. The second-order valence-electron chi connectivity index (χ2n) is 7.10. The molecule has 0 aliphatic carbocycles. The molecule has 1 saturated heterocycles. The molecule has 0 spiro atoms. The minimum atomic E-state index is -0.430. The highest BCUT2D eigenvalue weighted by atomic mass is 35.5. The van der Waals surface area contributed by atoms with Crippen LogP contribution in [0.15, 0.2) is 12.1 Å². The molecule has 2 rings (SSSR count). The zero-order valence-corrected chi connectivity index (χ0v) is 17.3. The first-order chi connectivity index (χ1) is 12.7. The largest absolute Gasteiger partial charge is 0.462 e. The third-order valence-corrected chi connectivity index (χ3v) is 4.07. The Morgan fingerprint density at radius 2 is 1.96 bits per heavy atom. The third kappa shape index (κ3) is 8.60. The Kier molecular flexibility index (Phi) is 9.55. The number of piperazine rings is 1. The van der Waals surface area contributed by atoms with Crippen molar-refractivity contribution in [1.82, 2.24) is 10.2 Å². The molecular weight excluding hydrogens is 370 g/mol. The summed E-state index contributed by atoms with van der Waals surface area (Å²) in [7, 11) is 0. The van der Waals surface area contributed by atoms with Gasteiger partial charge in [-0.1, -0.05) is 11.6 Å². The normalized spacial score (nSPS) is 14.7. The number of nitrogens with zero attached hydrogens (tertiary/aromatic N) is 1. The fourth-order valence-electron chi connectivity index (χ4n) is 2.40. The Labute approximate surface area is 166 Å². The number of hydrogen-bond donors (Lipinski definition) is 2. The average molecular weight is 400 g/mol. The molecule has 0 amide bonds. The summed E-state index contributed by atoms with van der Waals surface area (Å²) in [5, 5.41) is 3.86. The van der Waals surface area contributed by atoms with Crippen molar-refractivity contribution < 1.29 is 19.1 Å². The third-order valence-electron chi connectivity index (χ3n) is 3.72. The van der Waals surface area contributed by atoms with Gasteiger partial charge in [-0.3, -0.25) is 9.69 Å². The Bertz CT molecular complexity index is 626. The molecule has 0 radical (unpaired) electrons. The molecule has 0 unspecified atom stereocenters. The van der Waals surface area contributed by atoms with E-state index in [1.165, 1.54) is 0 Å². The van der Waals surface area contributed by atoms with Crippen molar-refractivity contribution in [1.29, 1.82) is 0 Å².